The van der Waals surface area contributed by atoms with Gasteiger partial charge >= 0.3 is 0 Å². The van der Waals surface area contributed by atoms with Crippen molar-refractivity contribution in [3.8, 4) is 0 Å². The van der Waals surface area contributed by atoms with Crippen molar-refractivity contribution in [1.29, 1.82) is 0 Å². The third-order valence-electron chi connectivity index (χ3n) is 3.94. The molecular weight excluding hydrogens is 280 g/mol. The van der Waals surface area contributed by atoms with E-state index < -0.39 is 0 Å². The molecule has 3 heterocycles. The van der Waals surface area contributed by atoms with E-state index >= 15 is 0 Å². The summed E-state index contributed by atoms with van der Waals surface area (Å²) in [6, 6.07) is 2.24. The zero-order chi connectivity index (χ0) is 15.5. The van der Waals surface area contributed by atoms with Gasteiger partial charge < -0.3 is 15.4 Å². The minimum atomic E-state index is 0.318. The molecule has 7 heteroatoms. The summed E-state index contributed by atoms with van der Waals surface area (Å²) in [6.45, 7) is 5.60. The van der Waals surface area contributed by atoms with Crippen LogP contribution in [0.25, 0.3) is 0 Å². The van der Waals surface area contributed by atoms with E-state index in [2.05, 4.69) is 25.7 Å². The van der Waals surface area contributed by atoms with Crippen molar-refractivity contribution in [2.45, 2.75) is 32.7 Å². The van der Waals surface area contributed by atoms with E-state index in [0.717, 1.165) is 54.8 Å². The third kappa shape index (κ3) is 3.19. The van der Waals surface area contributed by atoms with Gasteiger partial charge in [0.15, 0.2) is 0 Å². The Balaban J connectivity index is 1.73. The van der Waals surface area contributed by atoms with E-state index in [4.69, 9.17) is 4.74 Å². The Morgan fingerprint density at radius 2 is 2.09 bits per heavy atom. The topological polar surface area (TPSA) is 76.9 Å². The summed E-state index contributed by atoms with van der Waals surface area (Å²) in [7, 11) is 1.93. The molecule has 1 aliphatic rings. The van der Waals surface area contributed by atoms with Crippen LogP contribution in [-0.4, -0.2) is 39.0 Å². The Morgan fingerprint density at radius 1 is 1.27 bits per heavy atom. The number of nitrogens with one attached hydrogen (secondary N) is 2. The first-order valence-corrected chi connectivity index (χ1v) is 7.57. The molecule has 0 spiro atoms. The minimum absolute atomic E-state index is 0.318. The van der Waals surface area contributed by atoms with Crippen LogP contribution in [0.2, 0.25) is 0 Å². The Hall–Kier alpha value is -2.15. The number of hydrogen-bond acceptors (Lipinski definition) is 6. The fourth-order valence-electron chi connectivity index (χ4n) is 2.65. The maximum Gasteiger partial charge on any atom is 0.135 e. The lowest BCUT2D eigenvalue weighted by Crippen LogP contribution is -2.30. The summed E-state index contributed by atoms with van der Waals surface area (Å²) in [5.74, 6) is 1.57. The predicted octanol–water partition coefficient (Wildman–Crippen LogP) is 2.16. The van der Waals surface area contributed by atoms with Crippen LogP contribution in [0.1, 0.15) is 24.2 Å². The van der Waals surface area contributed by atoms with Crippen LogP contribution in [0.5, 0.6) is 0 Å². The molecule has 0 saturated carbocycles. The number of anilines is 3. The molecule has 3 rings (SSSR count). The van der Waals surface area contributed by atoms with Crippen LogP contribution in [0, 0.1) is 13.8 Å². The van der Waals surface area contributed by atoms with Gasteiger partial charge in [0.25, 0.3) is 0 Å². The highest BCUT2D eigenvalue weighted by atomic mass is 16.5. The van der Waals surface area contributed by atoms with Crippen LogP contribution in [0.15, 0.2) is 12.4 Å². The zero-order valence-electron chi connectivity index (χ0n) is 13.3. The second-order valence-corrected chi connectivity index (χ2v) is 5.64. The molecule has 0 aliphatic carbocycles. The molecule has 0 radical (unpaired) electrons. The highest BCUT2D eigenvalue weighted by Gasteiger charge is 2.15. The molecule has 2 aromatic rings. The van der Waals surface area contributed by atoms with E-state index in [0.29, 0.717) is 6.04 Å². The van der Waals surface area contributed by atoms with Gasteiger partial charge in [0.2, 0.25) is 0 Å². The number of aryl methyl sites for hydroxylation is 2. The van der Waals surface area contributed by atoms with E-state index in [1.54, 1.807) is 6.33 Å². The number of ether oxygens (including phenoxy) is 1. The van der Waals surface area contributed by atoms with E-state index in [-0.39, 0.29) is 0 Å². The van der Waals surface area contributed by atoms with Gasteiger partial charge in [-0.15, -0.1) is 0 Å². The Labute approximate surface area is 130 Å². The third-order valence-corrected chi connectivity index (χ3v) is 3.94. The molecule has 7 nitrogen and oxygen atoms in total. The van der Waals surface area contributed by atoms with Crippen molar-refractivity contribution in [3.05, 3.63) is 23.8 Å². The van der Waals surface area contributed by atoms with E-state index in [1.165, 1.54) is 0 Å². The first kappa shape index (κ1) is 14.8. The molecule has 1 aliphatic heterocycles. The van der Waals surface area contributed by atoms with Crippen molar-refractivity contribution in [3.63, 3.8) is 0 Å². The maximum absolute atomic E-state index is 5.48. The normalized spacial score (nSPS) is 18.2. The molecule has 118 valence electrons. The fraction of sp³-hybridized carbons (Fsp3) is 0.533. The SMILES string of the molecule is Cc1nn(C)c(C)c1Nc1cc(NC2CCCOC2)ncn1. The molecule has 2 N–H and O–H groups in total. The molecule has 1 fully saturated rings. The van der Waals surface area contributed by atoms with Gasteiger partial charge in [-0.25, -0.2) is 9.97 Å². The molecule has 22 heavy (non-hydrogen) atoms. The lowest BCUT2D eigenvalue weighted by atomic mass is 10.1. The van der Waals surface area contributed by atoms with Crippen molar-refractivity contribution >= 4 is 17.3 Å². The highest BCUT2D eigenvalue weighted by molar-refractivity contribution is 5.63. The van der Waals surface area contributed by atoms with E-state index in [9.17, 15) is 0 Å². The van der Waals surface area contributed by atoms with Crippen molar-refractivity contribution in [2.24, 2.45) is 7.05 Å². The first-order valence-electron chi connectivity index (χ1n) is 7.57. The second-order valence-electron chi connectivity index (χ2n) is 5.64. The van der Waals surface area contributed by atoms with Gasteiger partial charge in [0, 0.05) is 19.7 Å². The monoisotopic (exact) mass is 302 g/mol. The Bertz CT molecular complexity index is 647. The van der Waals surface area contributed by atoms with Gasteiger partial charge in [-0.1, -0.05) is 0 Å². The number of aromatic nitrogens is 4. The average Bonchev–Trinajstić information content (AvgIpc) is 2.75. The van der Waals surface area contributed by atoms with Gasteiger partial charge in [-0.2, -0.15) is 5.10 Å². The summed E-state index contributed by atoms with van der Waals surface area (Å²) >= 11 is 0. The Kier molecular flexibility index (Phi) is 4.24. The fourth-order valence-corrected chi connectivity index (χ4v) is 2.65. The summed E-state index contributed by atoms with van der Waals surface area (Å²) in [4.78, 5) is 8.58. The zero-order valence-corrected chi connectivity index (χ0v) is 13.3. The highest BCUT2D eigenvalue weighted by Crippen LogP contribution is 2.23. The maximum atomic E-state index is 5.48. The number of rotatable bonds is 4. The first-order chi connectivity index (χ1) is 10.6. The van der Waals surface area contributed by atoms with E-state index in [1.807, 2.05) is 31.6 Å². The van der Waals surface area contributed by atoms with Crippen LogP contribution in [-0.2, 0) is 11.8 Å². The van der Waals surface area contributed by atoms with Crippen molar-refractivity contribution < 1.29 is 4.74 Å². The van der Waals surface area contributed by atoms with Gasteiger partial charge in [0.05, 0.1) is 29.7 Å². The quantitative estimate of drug-likeness (QED) is 0.901. The van der Waals surface area contributed by atoms with Crippen molar-refractivity contribution in [1.82, 2.24) is 19.7 Å². The van der Waals surface area contributed by atoms with Crippen molar-refractivity contribution in [2.75, 3.05) is 23.8 Å². The second kappa shape index (κ2) is 6.31. The van der Waals surface area contributed by atoms with Gasteiger partial charge in [-0.3, -0.25) is 4.68 Å². The van der Waals surface area contributed by atoms with Gasteiger partial charge in [-0.05, 0) is 26.7 Å². The lowest BCUT2D eigenvalue weighted by molar-refractivity contribution is 0.0875. The number of hydrogen-bond donors (Lipinski definition) is 2. The summed E-state index contributed by atoms with van der Waals surface area (Å²) in [5, 5.41) is 11.1. The standard InChI is InChI=1S/C15H22N6O/c1-10-15(11(2)21(3)20-10)19-14-7-13(16-9-17-14)18-12-5-4-6-22-8-12/h7,9,12H,4-6,8H2,1-3H3,(H2,16,17,18,19). The van der Waals surface area contributed by atoms with Crippen LogP contribution < -0.4 is 10.6 Å². The molecule has 1 saturated heterocycles. The van der Waals surface area contributed by atoms with Crippen LogP contribution in [0.4, 0.5) is 17.3 Å². The summed E-state index contributed by atoms with van der Waals surface area (Å²) in [5.41, 5.74) is 3.02. The van der Waals surface area contributed by atoms with Gasteiger partial charge in [0.1, 0.15) is 18.0 Å². The molecular formula is C15H22N6O. The largest absolute Gasteiger partial charge is 0.379 e. The molecule has 0 aromatic carbocycles. The summed E-state index contributed by atoms with van der Waals surface area (Å²) in [6.07, 6.45) is 3.75. The molecule has 1 unspecified atom stereocenters. The van der Waals surface area contributed by atoms with Crippen LogP contribution in [0.3, 0.4) is 0 Å². The molecule has 1 atom stereocenters. The Morgan fingerprint density at radius 3 is 2.77 bits per heavy atom. The predicted molar refractivity (Wildman–Crippen MR) is 85.5 cm³/mol. The molecule has 0 bridgehead atoms. The molecule has 0 amide bonds. The lowest BCUT2D eigenvalue weighted by Gasteiger charge is -2.23. The molecule has 2 aromatic heterocycles. The minimum Gasteiger partial charge on any atom is -0.379 e. The number of nitrogens with zero attached hydrogens (tertiary/aromatic N) is 4. The van der Waals surface area contributed by atoms with Crippen LogP contribution >= 0.6 is 0 Å². The smallest absolute Gasteiger partial charge is 0.135 e. The summed E-state index contributed by atoms with van der Waals surface area (Å²) < 4.78 is 7.34. The average molecular weight is 302 g/mol.